The van der Waals surface area contributed by atoms with E-state index >= 15 is 0 Å². The molecular weight excluding hydrogens is 288 g/mol. The van der Waals surface area contributed by atoms with E-state index in [4.69, 9.17) is 4.74 Å². The Balaban J connectivity index is 1.63. The van der Waals surface area contributed by atoms with E-state index in [1.54, 1.807) is 22.7 Å². The molecule has 1 aliphatic carbocycles. The highest BCUT2D eigenvalue weighted by Crippen LogP contribution is 2.36. The predicted octanol–water partition coefficient (Wildman–Crippen LogP) is 4.59. The van der Waals surface area contributed by atoms with Gasteiger partial charge in [-0.25, -0.2) is 0 Å². The van der Waals surface area contributed by atoms with Crippen LogP contribution in [0, 0.1) is 0 Å². The molecule has 1 fully saturated rings. The van der Waals surface area contributed by atoms with Crippen LogP contribution in [0.5, 0.6) is 5.75 Å². The summed E-state index contributed by atoms with van der Waals surface area (Å²) in [5, 5.41) is 12.6. The van der Waals surface area contributed by atoms with Crippen LogP contribution in [0.1, 0.15) is 29.4 Å². The first kappa shape index (κ1) is 12.4. The highest BCUT2D eigenvalue weighted by Gasteiger charge is 2.24. The number of ether oxygens (including phenoxy) is 1. The Kier molecular flexibility index (Phi) is 3.02. The lowest BCUT2D eigenvalue weighted by atomic mass is 10.1. The summed E-state index contributed by atoms with van der Waals surface area (Å²) >= 11 is 3.37. The van der Waals surface area contributed by atoms with E-state index in [1.807, 2.05) is 24.3 Å². The molecule has 1 N–H and O–H groups in total. The monoisotopic (exact) mass is 302 g/mol. The average Bonchev–Trinajstić information content (AvgIpc) is 3.00. The molecule has 20 heavy (non-hydrogen) atoms. The van der Waals surface area contributed by atoms with E-state index in [9.17, 15) is 5.11 Å². The van der Waals surface area contributed by atoms with Crippen LogP contribution in [-0.4, -0.2) is 11.2 Å². The number of hydrogen-bond acceptors (Lipinski definition) is 4. The maximum Gasteiger partial charge on any atom is 0.120 e. The molecule has 2 nitrogen and oxygen atoms in total. The fourth-order valence-electron chi connectivity index (χ4n) is 2.22. The molecule has 1 aliphatic rings. The number of rotatable bonds is 4. The lowest BCUT2D eigenvalue weighted by molar-refractivity contribution is 0.223. The molecular formula is C16H14O2S2. The van der Waals surface area contributed by atoms with E-state index in [1.165, 1.54) is 9.40 Å². The Bertz CT molecular complexity index is 711. The molecule has 102 valence electrons. The van der Waals surface area contributed by atoms with Crippen molar-refractivity contribution in [2.45, 2.75) is 25.0 Å². The fraction of sp³-hybridized carbons (Fsp3) is 0.250. The first-order chi connectivity index (χ1) is 9.79. The number of benzene rings is 1. The number of fused-ring (bicyclic) bond motifs is 1. The minimum absolute atomic E-state index is 0.384. The zero-order chi connectivity index (χ0) is 13.5. The summed E-state index contributed by atoms with van der Waals surface area (Å²) in [6.45, 7) is 0. The highest BCUT2D eigenvalue weighted by molar-refractivity contribution is 7.26. The van der Waals surface area contributed by atoms with E-state index in [0.717, 1.165) is 29.0 Å². The first-order valence-corrected chi connectivity index (χ1v) is 8.41. The van der Waals surface area contributed by atoms with Gasteiger partial charge in [0.1, 0.15) is 11.9 Å². The van der Waals surface area contributed by atoms with E-state index in [2.05, 4.69) is 17.5 Å². The van der Waals surface area contributed by atoms with Crippen LogP contribution in [-0.2, 0) is 0 Å². The third-order valence-electron chi connectivity index (χ3n) is 3.43. The quantitative estimate of drug-likeness (QED) is 0.764. The van der Waals surface area contributed by atoms with Crippen molar-refractivity contribution in [1.29, 1.82) is 0 Å². The normalized spacial score (nSPS) is 16.4. The van der Waals surface area contributed by atoms with Gasteiger partial charge in [-0.15, -0.1) is 22.7 Å². The molecule has 0 spiro atoms. The van der Waals surface area contributed by atoms with E-state index in [-0.39, 0.29) is 0 Å². The maximum atomic E-state index is 10.5. The molecule has 0 aliphatic heterocycles. The summed E-state index contributed by atoms with van der Waals surface area (Å²) in [5.74, 6) is 0.863. The van der Waals surface area contributed by atoms with Crippen molar-refractivity contribution in [2.24, 2.45) is 0 Å². The second-order valence-corrected chi connectivity index (χ2v) is 7.15. The minimum atomic E-state index is -0.567. The van der Waals surface area contributed by atoms with Gasteiger partial charge in [-0.3, -0.25) is 0 Å². The van der Waals surface area contributed by atoms with Gasteiger partial charge < -0.3 is 9.84 Å². The molecule has 4 rings (SSSR count). The Morgan fingerprint density at radius 3 is 2.85 bits per heavy atom. The molecule has 0 radical (unpaired) electrons. The van der Waals surface area contributed by atoms with Crippen LogP contribution in [0.25, 0.3) is 9.40 Å². The summed E-state index contributed by atoms with van der Waals surface area (Å²) in [6, 6.07) is 12.0. The molecule has 0 bridgehead atoms. The zero-order valence-corrected chi connectivity index (χ0v) is 12.4. The lowest BCUT2D eigenvalue weighted by Crippen LogP contribution is -2.00. The SMILES string of the molecule is OC(c1cccc(OC2CC2)c1)c1cc2sccc2s1. The summed E-state index contributed by atoms with van der Waals surface area (Å²) in [6.07, 6.45) is 2.11. The van der Waals surface area contributed by atoms with Gasteiger partial charge in [0, 0.05) is 14.3 Å². The van der Waals surface area contributed by atoms with E-state index < -0.39 is 6.10 Å². The van der Waals surface area contributed by atoms with Crippen molar-refractivity contribution in [3.8, 4) is 5.75 Å². The van der Waals surface area contributed by atoms with Gasteiger partial charge in [0.25, 0.3) is 0 Å². The number of thiophene rings is 2. The fourth-order valence-corrected chi connectivity index (χ4v) is 4.35. The van der Waals surface area contributed by atoms with Crippen molar-refractivity contribution in [2.75, 3.05) is 0 Å². The van der Waals surface area contributed by atoms with Crippen LogP contribution in [0.15, 0.2) is 41.8 Å². The summed E-state index contributed by atoms with van der Waals surface area (Å²) in [5.41, 5.74) is 0.900. The summed E-state index contributed by atoms with van der Waals surface area (Å²) in [4.78, 5) is 0.996. The Morgan fingerprint density at radius 1 is 1.15 bits per heavy atom. The molecule has 1 aromatic carbocycles. The maximum absolute atomic E-state index is 10.5. The third-order valence-corrected chi connectivity index (χ3v) is 5.57. The van der Waals surface area contributed by atoms with Gasteiger partial charge in [0.2, 0.25) is 0 Å². The van der Waals surface area contributed by atoms with Crippen molar-refractivity contribution in [1.82, 2.24) is 0 Å². The Labute approximate surface area is 125 Å². The zero-order valence-electron chi connectivity index (χ0n) is 10.8. The smallest absolute Gasteiger partial charge is 0.120 e. The second-order valence-electron chi connectivity index (χ2n) is 5.09. The largest absolute Gasteiger partial charge is 0.490 e. The van der Waals surface area contributed by atoms with Gasteiger partial charge in [-0.2, -0.15) is 0 Å². The van der Waals surface area contributed by atoms with Crippen LogP contribution >= 0.6 is 22.7 Å². The first-order valence-electron chi connectivity index (χ1n) is 6.71. The van der Waals surface area contributed by atoms with Gasteiger partial charge in [-0.05, 0) is 48.1 Å². The Hall–Kier alpha value is -1.36. The molecule has 1 saturated carbocycles. The summed E-state index contributed by atoms with van der Waals surface area (Å²) < 4.78 is 8.28. The van der Waals surface area contributed by atoms with Crippen molar-refractivity contribution < 1.29 is 9.84 Å². The summed E-state index contributed by atoms with van der Waals surface area (Å²) in [7, 11) is 0. The molecule has 1 unspecified atom stereocenters. The molecule has 3 aromatic rings. The van der Waals surface area contributed by atoms with Crippen molar-refractivity contribution >= 4 is 32.1 Å². The molecule has 0 saturated heterocycles. The lowest BCUT2D eigenvalue weighted by Gasteiger charge is -2.11. The molecule has 2 aromatic heterocycles. The number of aliphatic hydroxyl groups is 1. The van der Waals surface area contributed by atoms with Gasteiger partial charge >= 0.3 is 0 Å². The minimum Gasteiger partial charge on any atom is -0.490 e. The topological polar surface area (TPSA) is 29.5 Å². The van der Waals surface area contributed by atoms with Crippen molar-refractivity contribution in [3.05, 3.63) is 52.2 Å². The standard InChI is InChI=1S/C16H14O2S2/c17-16(15-9-14-13(20-15)6-7-19-14)10-2-1-3-12(8-10)18-11-4-5-11/h1-3,6-9,11,16-17H,4-5H2. The number of hydrogen-bond donors (Lipinski definition) is 1. The molecule has 1 atom stereocenters. The van der Waals surface area contributed by atoms with Crippen LogP contribution < -0.4 is 4.74 Å². The van der Waals surface area contributed by atoms with Crippen LogP contribution in [0.2, 0.25) is 0 Å². The molecule has 4 heteroatoms. The molecule has 2 heterocycles. The van der Waals surface area contributed by atoms with Crippen LogP contribution in [0.3, 0.4) is 0 Å². The Morgan fingerprint density at radius 2 is 2.05 bits per heavy atom. The highest BCUT2D eigenvalue weighted by atomic mass is 32.1. The molecule has 0 amide bonds. The predicted molar refractivity (Wildman–Crippen MR) is 83.9 cm³/mol. The van der Waals surface area contributed by atoms with Gasteiger partial charge in [-0.1, -0.05) is 12.1 Å². The second kappa shape index (κ2) is 4.88. The third kappa shape index (κ3) is 2.35. The van der Waals surface area contributed by atoms with Gasteiger partial charge in [0.15, 0.2) is 0 Å². The van der Waals surface area contributed by atoms with Crippen molar-refractivity contribution in [3.63, 3.8) is 0 Å². The van der Waals surface area contributed by atoms with Crippen LogP contribution in [0.4, 0.5) is 0 Å². The van der Waals surface area contributed by atoms with Gasteiger partial charge in [0.05, 0.1) is 6.10 Å². The van der Waals surface area contributed by atoms with E-state index in [0.29, 0.717) is 6.10 Å². The average molecular weight is 302 g/mol. The number of aliphatic hydroxyl groups excluding tert-OH is 1.